The van der Waals surface area contributed by atoms with Crippen molar-refractivity contribution in [1.82, 2.24) is 15.0 Å². The van der Waals surface area contributed by atoms with Crippen LogP contribution in [0.4, 0.5) is 0 Å². The van der Waals surface area contributed by atoms with Crippen LogP contribution in [0.25, 0.3) is 78.0 Å². The first-order chi connectivity index (χ1) is 23.3. The van der Waals surface area contributed by atoms with Gasteiger partial charge >= 0.3 is 0 Å². The lowest BCUT2D eigenvalue weighted by molar-refractivity contribution is 0.669. The summed E-state index contributed by atoms with van der Waals surface area (Å²) in [4.78, 5) is 15.3. The van der Waals surface area contributed by atoms with Gasteiger partial charge in [0.1, 0.15) is 11.2 Å². The van der Waals surface area contributed by atoms with Gasteiger partial charge in [-0.15, -0.1) is 0 Å². The van der Waals surface area contributed by atoms with Crippen LogP contribution in [0.15, 0.2) is 156 Å². The molecule has 6 aromatic carbocycles. The Morgan fingerprint density at radius 3 is 1.83 bits per heavy atom. The molecule has 0 aliphatic heterocycles. The van der Waals surface area contributed by atoms with Gasteiger partial charge in [-0.25, -0.2) is 15.0 Å². The van der Waals surface area contributed by atoms with Gasteiger partial charge in [0.05, 0.1) is 0 Å². The number of allylic oxidation sites excluding steroid dienone is 4. The van der Waals surface area contributed by atoms with Crippen molar-refractivity contribution in [2.45, 2.75) is 12.8 Å². The topological polar surface area (TPSA) is 51.8 Å². The zero-order valence-corrected chi connectivity index (χ0v) is 25.6. The molecule has 0 radical (unpaired) electrons. The summed E-state index contributed by atoms with van der Waals surface area (Å²) in [7, 11) is 0. The molecule has 0 atom stereocenters. The first-order valence-corrected chi connectivity index (χ1v) is 16.0. The molecule has 47 heavy (non-hydrogen) atoms. The minimum absolute atomic E-state index is 0.618. The molecule has 0 spiro atoms. The first-order valence-electron chi connectivity index (χ1n) is 16.0. The zero-order chi connectivity index (χ0) is 31.2. The van der Waals surface area contributed by atoms with E-state index in [0.717, 1.165) is 62.2 Å². The molecule has 0 N–H and O–H groups in total. The standard InChI is InChI=1S/C43H29N3O/c1-3-11-28(12-4-1)29-21-23-30(24-22-29)33-25-26-38-37(27-33)40-36(19-10-20-39(40)47-38)43-45-41(32-14-5-2-6-15-32)44-42(46-43)35-18-9-16-31-13-7-8-17-34(31)35/h1-21,23,25-27H,22,24H2. The van der Waals surface area contributed by atoms with Crippen molar-refractivity contribution >= 4 is 43.9 Å². The number of rotatable bonds is 5. The van der Waals surface area contributed by atoms with Crippen molar-refractivity contribution in [3.63, 3.8) is 0 Å². The molecule has 0 amide bonds. The van der Waals surface area contributed by atoms with Crippen LogP contribution in [0.2, 0.25) is 0 Å². The zero-order valence-electron chi connectivity index (χ0n) is 25.6. The molecule has 1 aliphatic carbocycles. The van der Waals surface area contributed by atoms with E-state index in [-0.39, 0.29) is 0 Å². The fourth-order valence-corrected chi connectivity index (χ4v) is 6.74. The lowest BCUT2D eigenvalue weighted by atomic mass is 9.89. The van der Waals surface area contributed by atoms with Crippen LogP contribution >= 0.6 is 0 Å². The van der Waals surface area contributed by atoms with Crippen molar-refractivity contribution in [3.8, 4) is 34.2 Å². The molecule has 4 nitrogen and oxygen atoms in total. The van der Waals surface area contributed by atoms with E-state index in [1.165, 1.54) is 22.3 Å². The van der Waals surface area contributed by atoms with E-state index in [1.807, 2.05) is 42.5 Å². The van der Waals surface area contributed by atoms with E-state index in [1.54, 1.807) is 0 Å². The van der Waals surface area contributed by atoms with Crippen molar-refractivity contribution in [2.75, 3.05) is 0 Å². The minimum Gasteiger partial charge on any atom is -0.456 e. The van der Waals surface area contributed by atoms with Crippen LogP contribution in [-0.4, -0.2) is 15.0 Å². The van der Waals surface area contributed by atoms with Crippen LogP contribution < -0.4 is 0 Å². The Bertz CT molecular complexity index is 2500. The maximum Gasteiger partial charge on any atom is 0.164 e. The van der Waals surface area contributed by atoms with Gasteiger partial charge in [-0.1, -0.05) is 133 Å². The molecule has 0 saturated heterocycles. The second-order valence-corrected chi connectivity index (χ2v) is 11.9. The van der Waals surface area contributed by atoms with Crippen LogP contribution in [0, 0.1) is 0 Å². The lowest BCUT2D eigenvalue weighted by Gasteiger charge is -2.15. The predicted molar refractivity (Wildman–Crippen MR) is 193 cm³/mol. The minimum atomic E-state index is 0.618. The average molecular weight is 604 g/mol. The maximum atomic E-state index is 6.42. The van der Waals surface area contributed by atoms with E-state index in [4.69, 9.17) is 19.4 Å². The van der Waals surface area contributed by atoms with E-state index >= 15 is 0 Å². The summed E-state index contributed by atoms with van der Waals surface area (Å²) in [6, 6.07) is 48.1. The second kappa shape index (κ2) is 11.3. The van der Waals surface area contributed by atoms with Gasteiger partial charge in [0.2, 0.25) is 0 Å². The molecule has 1 aliphatic rings. The molecule has 0 unspecified atom stereocenters. The van der Waals surface area contributed by atoms with E-state index in [2.05, 4.69) is 109 Å². The third-order valence-electron chi connectivity index (χ3n) is 9.10. The summed E-state index contributed by atoms with van der Waals surface area (Å²) in [5.74, 6) is 1.90. The van der Waals surface area contributed by atoms with Gasteiger partial charge in [0.25, 0.3) is 0 Å². The molecule has 0 bridgehead atoms. The largest absolute Gasteiger partial charge is 0.456 e. The maximum absolute atomic E-state index is 6.42. The van der Waals surface area contributed by atoms with Gasteiger partial charge in [0, 0.05) is 27.5 Å². The summed E-state index contributed by atoms with van der Waals surface area (Å²) >= 11 is 0. The summed E-state index contributed by atoms with van der Waals surface area (Å²) in [5.41, 5.74) is 9.68. The Morgan fingerprint density at radius 1 is 0.426 bits per heavy atom. The van der Waals surface area contributed by atoms with Crippen LogP contribution in [-0.2, 0) is 0 Å². The summed E-state index contributed by atoms with van der Waals surface area (Å²) in [5, 5.41) is 4.31. The highest BCUT2D eigenvalue weighted by atomic mass is 16.3. The molecule has 0 saturated carbocycles. The number of hydrogen-bond donors (Lipinski definition) is 0. The Morgan fingerprint density at radius 2 is 1.04 bits per heavy atom. The van der Waals surface area contributed by atoms with Gasteiger partial charge in [-0.05, 0) is 64.1 Å². The average Bonchev–Trinajstić information content (AvgIpc) is 3.53. The molecular formula is C43H29N3O. The fraction of sp³-hybridized carbons (Fsp3) is 0.0465. The molecule has 8 aromatic rings. The normalized spacial score (nSPS) is 13.2. The van der Waals surface area contributed by atoms with Gasteiger partial charge in [-0.3, -0.25) is 0 Å². The fourth-order valence-electron chi connectivity index (χ4n) is 6.74. The SMILES string of the molecule is C1=C(c2ccccc2)CCC(c2ccc3oc4cccc(-c5nc(-c6ccccc6)nc(-c6cccc7ccccc67)n5)c4c3c2)=C1. The molecule has 222 valence electrons. The predicted octanol–water partition coefficient (Wildman–Crippen LogP) is 11.2. The van der Waals surface area contributed by atoms with E-state index < -0.39 is 0 Å². The van der Waals surface area contributed by atoms with Crippen LogP contribution in [0.1, 0.15) is 24.0 Å². The van der Waals surface area contributed by atoms with Crippen molar-refractivity contribution in [3.05, 3.63) is 163 Å². The Balaban J connectivity index is 1.22. The van der Waals surface area contributed by atoms with E-state index in [9.17, 15) is 0 Å². The molecule has 4 heteroatoms. The molecule has 9 rings (SSSR count). The Kier molecular flexibility index (Phi) is 6.57. The van der Waals surface area contributed by atoms with Gasteiger partial charge in [-0.2, -0.15) is 0 Å². The van der Waals surface area contributed by atoms with Crippen LogP contribution in [0.3, 0.4) is 0 Å². The molecular weight excluding hydrogens is 574 g/mol. The summed E-state index contributed by atoms with van der Waals surface area (Å²) in [6.45, 7) is 0. The van der Waals surface area contributed by atoms with E-state index in [0.29, 0.717) is 17.5 Å². The third kappa shape index (κ3) is 4.91. The molecule has 2 aromatic heterocycles. The highest BCUT2D eigenvalue weighted by molar-refractivity contribution is 6.12. The second-order valence-electron chi connectivity index (χ2n) is 11.9. The molecule has 2 heterocycles. The summed E-state index contributed by atoms with van der Waals surface area (Å²) in [6.07, 6.45) is 6.53. The summed E-state index contributed by atoms with van der Waals surface area (Å²) < 4.78 is 6.42. The number of nitrogens with zero attached hydrogens (tertiary/aromatic N) is 3. The molecule has 0 fully saturated rings. The van der Waals surface area contributed by atoms with Crippen LogP contribution in [0.5, 0.6) is 0 Å². The first kappa shape index (κ1) is 27.2. The highest BCUT2D eigenvalue weighted by Gasteiger charge is 2.19. The smallest absolute Gasteiger partial charge is 0.164 e. The lowest BCUT2D eigenvalue weighted by Crippen LogP contribution is -2.00. The number of hydrogen-bond acceptors (Lipinski definition) is 4. The van der Waals surface area contributed by atoms with Crippen molar-refractivity contribution in [1.29, 1.82) is 0 Å². The third-order valence-corrected chi connectivity index (χ3v) is 9.10. The van der Waals surface area contributed by atoms with Gasteiger partial charge in [0.15, 0.2) is 17.5 Å². The quantitative estimate of drug-likeness (QED) is 0.196. The highest BCUT2D eigenvalue weighted by Crippen LogP contribution is 2.39. The van der Waals surface area contributed by atoms with Crippen molar-refractivity contribution in [2.24, 2.45) is 0 Å². The monoisotopic (exact) mass is 603 g/mol. The van der Waals surface area contributed by atoms with Crippen molar-refractivity contribution < 1.29 is 4.42 Å². The number of furan rings is 1. The Hall–Kier alpha value is -6.13. The number of benzene rings is 6. The number of aromatic nitrogens is 3. The number of fused-ring (bicyclic) bond motifs is 4. The van der Waals surface area contributed by atoms with Gasteiger partial charge < -0.3 is 4.42 Å². The Labute approximate surface area is 272 Å².